The van der Waals surface area contributed by atoms with Gasteiger partial charge in [0.15, 0.2) is 0 Å². The zero-order chi connectivity index (χ0) is 9.66. The lowest BCUT2D eigenvalue weighted by molar-refractivity contribution is 0.295. The van der Waals surface area contributed by atoms with Crippen LogP contribution in [-0.4, -0.2) is 18.3 Å². The Balaban J connectivity index is 0. The van der Waals surface area contributed by atoms with Gasteiger partial charge in [0, 0.05) is 6.61 Å². The predicted molar refractivity (Wildman–Crippen MR) is 55.2 cm³/mol. The minimum Gasteiger partial charge on any atom is -0.396 e. The molecule has 12 heavy (non-hydrogen) atoms. The molecule has 0 heterocycles. The van der Waals surface area contributed by atoms with E-state index < -0.39 is 0 Å². The molecule has 0 aromatic heterocycles. The lowest BCUT2D eigenvalue weighted by Crippen LogP contribution is -1.97. The maximum Gasteiger partial charge on any atom is 0.0428 e. The van der Waals surface area contributed by atoms with Crippen molar-refractivity contribution < 1.29 is 5.11 Å². The van der Waals surface area contributed by atoms with E-state index in [9.17, 15) is 0 Å². The first-order valence-electron chi connectivity index (χ1n) is 5.14. The van der Waals surface area contributed by atoms with Crippen molar-refractivity contribution in [3.8, 4) is 0 Å². The molecule has 76 valence electrons. The number of hydrogen-bond acceptors (Lipinski definition) is 2. The summed E-state index contributed by atoms with van der Waals surface area (Å²) < 4.78 is 0. The smallest absolute Gasteiger partial charge is 0.0428 e. The van der Waals surface area contributed by atoms with Crippen LogP contribution in [0.25, 0.3) is 0 Å². The third kappa shape index (κ3) is 22.5. The standard InChI is InChI=1S/C7H17N.C3H8O/c1-2-3-4-5-6-7-8;1-2-3-4/h2-8H2,1H3;4H,2-3H2,1H3. The van der Waals surface area contributed by atoms with E-state index in [4.69, 9.17) is 10.8 Å². The van der Waals surface area contributed by atoms with Crippen LogP contribution in [-0.2, 0) is 0 Å². The van der Waals surface area contributed by atoms with E-state index in [1.165, 1.54) is 32.1 Å². The molecular formula is C10H25NO. The molecule has 0 aromatic rings. The van der Waals surface area contributed by atoms with Gasteiger partial charge in [0.05, 0.1) is 0 Å². The minimum atomic E-state index is 0.319. The molecule has 0 aliphatic rings. The van der Waals surface area contributed by atoms with Crippen molar-refractivity contribution >= 4 is 0 Å². The Labute approximate surface area is 77.2 Å². The van der Waals surface area contributed by atoms with E-state index in [1.54, 1.807) is 0 Å². The van der Waals surface area contributed by atoms with Crippen LogP contribution in [0.1, 0.15) is 52.4 Å². The van der Waals surface area contributed by atoms with Crippen molar-refractivity contribution in [2.45, 2.75) is 52.4 Å². The van der Waals surface area contributed by atoms with Gasteiger partial charge in [-0.1, -0.05) is 39.5 Å². The Morgan fingerprint density at radius 3 is 1.75 bits per heavy atom. The summed E-state index contributed by atoms with van der Waals surface area (Å²) in [5.74, 6) is 0. The van der Waals surface area contributed by atoms with Gasteiger partial charge in [0.2, 0.25) is 0 Å². The van der Waals surface area contributed by atoms with Crippen LogP contribution < -0.4 is 5.73 Å². The van der Waals surface area contributed by atoms with Crippen molar-refractivity contribution in [3.05, 3.63) is 0 Å². The van der Waals surface area contributed by atoms with Gasteiger partial charge in [-0.3, -0.25) is 0 Å². The molecule has 0 bridgehead atoms. The Morgan fingerprint density at radius 2 is 1.42 bits per heavy atom. The van der Waals surface area contributed by atoms with Crippen LogP contribution in [0.3, 0.4) is 0 Å². The van der Waals surface area contributed by atoms with E-state index in [-0.39, 0.29) is 0 Å². The maximum absolute atomic E-state index is 7.88. The molecule has 0 amide bonds. The summed E-state index contributed by atoms with van der Waals surface area (Å²) in [6.07, 6.45) is 7.47. The molecule has 0 atom stereocenters. The summed E-state index contributed by atoms with van der Waals surface area (Å²) in [5.41, 5.74) is 5.31. The number of nitrogens with two attached hydrogens (primary N) is 1. The third-order valence-corrected chi connectivity index (χ3v) is 1.53. The normalized spacial score (nSPS) is 9.00. The van der Waals surface area contributed by atoms with E-state index in [1.807, 2.05) is 6.92 Å². The summed E-state index contributed by atoms with van der Waals surface area (Å²) >= 11 is 0. The molecular weight excluding hydrogens is 150 g/mol. The van der Waals surface area contributed by atoms with E-state index >= 15 is 0 Å². The summed E-state index contributed by atoms with van der Waals surface area (Å²) in [6.45, 7) is 5.34. The highest BCUT2D eigenvalue weighted by Crippen LogP contribution is 2.00. The Kier molecular flexibility index (Phi) is 20.6. The lowest BCUT2D eigenvalue weighted by Gasteiger charge is -1.93. The molecule has 2 heteroatoms. The molecule has 0 unspecified atom stereocenters. The van der Waals surface area contributed by atoms with Crippen LogP contribution in [0.15, 0.2) is 0 Å². The highest BCUT2D eigenvalue weighted by atomic mass is 16.2. The fraction of sp³-hybridized carbons (Fsp3) is 1.00. The highest BCUT2D eigenvalue weighted by molar-refractivity contribution is 4.41. The molecule has 0 saturated carbocycles. The van der Waals surface area contributed by atoms with Gasteiger partial charge >= 0.3 is 0 Å². The van der Waals surface area contributed by atoms with E-state index in [2.05, 4.69) is 6.92 Å². The number of rotatable bonds is 6. The molecule has 0 saturated heterocycles. The van der Waals surface area contributed by atoms with Gasteiger partial charge in [-0.25, -0.2) is 0 Å². The lowest BCUT2D eigenvalue weighted by atomic mass is 10.2. The van der Waals surface area contributed by atoms with Crippen LogP contribution in [0, 0.1) is 0 Å². The average molecular weight is 175 g/mol. The quantitative estimate of drug-likeness (QED) is 0.608. The van der Waals surface area contributed by atoms with Gasteiger partial charge in [0.1, 0.15) is 0 Å². The van der Waals surface area contributed by atoms with Crippen LogP contribution in [0.5, 0.6) is 0 Å². The Hall–Kier alpha value is -0.0800. The molecule has 0 aliphatic heterocycles. The molecule has 0 aliphatic carbocycles. The largest absolute Gasteiger partial charge is 0.396 e. The Morgan fingerprint density at radius 1 is 0.917 bits per heavy atom. The molecule has 3 N–H and O–H groups in total. The zero-order valence-corrected chi connectivity index (χ0v) is 8.68. The summed E-state index contributed by atoms with van der Waals surface area (Å²) in [7, 11) is 0. The van der Waals surface area contributed by atoms with Crippen molar-refractivity contribution in [1.82, 2.24) is 0 Å². The van der Waals surface area contributed by atoms with Crippen LogP contribution in [0.2, 0.25) is 0 Å². The number of aliphatic hydroxyl groups excluding tert-OH is 1. The molecule has 0 aromatic carbocycles. The zero-order valence-electron chi connectivity index (χ0n) is 8.68. The molecule has 0 spiro atoms. The number of hydrogen-bond donors (Lipinski definition) is 2. The van der Waals surface area contributed by atoms with Crippen molar-refractivity contribution in [2.24, 2.45) is 5.73 Å². The summed E-state index contributed by atoms with van der Waals surface area (Å²) in [6, 6.07) is 0. The third-order valence-electron chi connectivity index (χ3n) is 1.53. The average Bonchev–Trinajstić information content (AvgIpc) is 2.13. The second-order valence-corrected chi connectivity index (χ2v) is 2.93. The first-order chi connectivity index (χ1) is 5.83. The van der Waals surface area contributed by atoms with Crippen molar-refractivity contribution in [1.29, 1.82) is 0 Å². The van der Waals surface area contributed by atoms with Gasteiger partial charge in [-0.2, -0.15) is 0 Å². The van der Waals surface area contributed by atoms with Crippen molar-refractivity contribution in [3.63, 3.8) is 0 Å². The number of aliphatic hydroxyl groups is 1. The van der Waals surface area contributed by atoms with Crippen LogP contribution >= 0.6 is 0 Å². The summed E-state index contributed by atoms with van der Waals surface area (Å²) in [5, 5.41) is 7.88. The minimum absolute atomic E-state index is 0.319. The van der Waals surface area contributed by atoms with Gasteiger partial charge in [-0.15, -0.1) is 0 Å². The molecule has 0 rings (SSSR count). The fourth-order valence-electron chi connectivity index (χ4n) is 0.748. The molecule has 2 nitrogen and oxygen atoms in total. The SMILES string of the molecule is CCCCCCCN.CCCO. The first kappa shape index (κ1) is 14.4. The monoisotopic (exact) mass is 175 g/mol. The topological polar surface area (TPSA) is 46.2 Å². The Bertz CT molecular complexity index is 49.8. The van der Waals surface area contributed by atoms with Gasteiger partial charge < -0.3 is 10.8 Å². The van der Waals surface area contributed by atoms with Crippen LogP contribution in [0.4, 0.5) is 0 Å². The maximum atomic E-state index is 7.88. The molecule has 0 fully saturated rings. The second-order valence-electron chi connectivity index (χ2n) is 2.93. The van der Waals surface area contributed by atoms with Gasteiger partial charge in [0.25, 0.3) is 0 Å². The highest BCUT2D eigenvalue weighted by Gasteiger charge is 1.83. The van der Waals surface area contributed by atoms with Crippen molar-refractivity contribution in [2.75, 3.05) is 13.2 Å². The van der Waals surface area contributed by atoms with Gasteiger partial charge in [-0.05, 0) is 19.4 Å². The number of unbranched alkanes of at least 4 members (excludes halogenated alkanes) is 4. The predicted octanol–water partition coefficient (Wildman–Crippen LogP) is 2.30. The first-order valence-corrected chi connectivity index (χ1v) is 5.14. The van der Waals surface area contributed by atoms with E-state index in [0.717, 1.165) is 13.0 Å². The molecule has 0 radical (unpaired) electrons. The van der Waals surface area contributed by atoms with E-state index in [0.29, 0.717) is 6.61 Å². The second kappa shape index (κ2) is 17.1. The fourth-order valence-corrected chi connectivity index (χ4v) is 0.748. The summed E-state index contributed by atoms with van der Waals surface area (Å²) in [4.78, 5) is 0.